The van der Waals surface area contributed by atoms with Crippen molar-refractivity contribution in [2.75, 3.05) is 25.5 Å². The van der Waals surface area contributed by atoms with E-state index in [0.29, 0.717) is 5.92 Å². The van der Waals surface area contributed by atoms with Crippen molar-refractivity contribution in [2.24, 2.45) is 0 Å². The smallest absolute Gasteiger partial charge is 0.0343 e. The molecule has 2 N–H and O–H groups in total. The van der Waals surface area contributed by atoms with Crippen molar-refractivity contribution >= 4 is 5.69 Å². The number of anilines is 1. The van der Waals surface area contributed by atoms with E-state index >= 15 is 0 Å². The Kier molecular flexibility index (Phi) is 4.03. The van der Waals surface area contributed by atoms with E-state index in [1.807, 2.05) is 7.05 Å². The van der Waals surface area contributed by atoms with Crippen LogP contribution in [0.2, 0.25) is 0 Å². The number of benzene rings is 2. The highest BCUT2D eigenvalue weighted by atomic mass is 14.9. The molecule has 3 rings (SSSR count). The van der Waals surface area contributed by atoms with Crippen LogP contribution in [0.1, 0.15) is 24.3 Å². The molecule has 0 aromatic heterocycles. The molecule has 1 atom stereocenters. The standard InChI is InChI=1S/C18H22N2/c1-19-18-9-3-7-16(12-18)14-5-2-6-15(11-14)17-8-4-10-20-13-17/h2-3,5-7,9,11-12,17,19-20H,4,8,10,13H2,1H3. The summed E-state index contributed by atoms with van der Waals surface area (Å²) in [5.41, 5.74) is 5.21. The normalized spacial score (nSPS) is 18.8. The third-order valence-corrected chi connectivity index (χ3v) is 4.14. The van der Waals surface area contributed by atoms with Crippen LogP contribution in [0.25, 0.3) is 11.1 Å². The van der Waals surface area contributed by atoms with E-state index in [1.54, 1.807) is 0 Å². The largest absolute Gasteiger partial charge is 0.388 e. The first-order valence-corrected chi connectivity index (χ1v) is 7.46. The summed E-state index contributed by atoms with van der Waals surface area (Å²) in [5, 5.41) is 6.71. The van der Waals surface area contributed by atoms with Crippen LogP contribution in [0, 0.1) is 0 Å². The minimum absolute atomic E-state index is 0.663. The average molecular weight is 266 g/mol. The summed E-state index contributed by atoms with van der Waals surface area (Å²) in [7, 11) is 1.96. The van der Waals surface area contributed by atoms with Gasteiger partial charge in [-0.15, -0.1) is 0 Å². The molecule has 1 aliphatic rings. The monoisotopic (exact) mass is 266 g/mol. The van der Waals surface area contributed by atoms with Gasteiger partial charge in [0, 0.05) is 19.3 Å². The van der Waals surface area contributed by atoms with E-state index in [2.05, 4.69) is 59.2 Å². The molecule has 2 nitrogen and oxygen atoms in total. The fourth-order valence-electron chi connectivity index (χ4n) is 2.96. The van der Waals surface area contributed by atoms with Crippen molar-refractivity contribution < 1.29 is 0 Å². The SMILES string of the molecule is CNc1cccc(-c2cccc(C3CCCNC3)c2)c1. The van der Waals surface area contributed by atoms with Crippen LogP contribution in [0.3, 0.4) is 0 Å². The maximum Gasteiger partial charge on any atom is 0.0343 e. The average Bonchev–Trinajstić information content (AvgIpc) is 2.56. The lowest BCUT2D eigenvalue weighted by molar-refractivity contribution is 0.462. The van der Waals surface area contributed by atoms with Gasteiger partial charge in [-0.25, -0.2) is 0 Å². The van der Waals surface area contributed by atoms with Crippen LogP contribution >= 0.6 is 0 Å². The second-order valence-corrected chi connectivity index (χ2v) is 5.50. The van der Waals surface area contributed by atoms with Gasteiger partial charge in [0.25, 0.3) is 0 Å². The van der Waals surface area contributed by atoms with Gasteiger partial charge in [-0.05, 0) is 54.1 Å². The molecule has 0 spiro atoms. The predicted molar refractivity (Wildman–Crippen MR) is 86.3 cm³/mol. The lowest BCUT2D eigenvalue weighted by Crippen LogP contribution is -2.28. The molecule has 1 heterocycles. The Balaban J connectivity index is 1.89. The summed E-state index contributed by atoms with van der Waals surface area (Å²) < 4.78 is 0. The molecular formula is C18H22N2. The van der Waals surface area contributed by atoms with Gasteiger partial charge in [-0.3, -0.25) is 0 Å². The number of hydrogen-bond acceptors (Lipinski definition) is 2. The molecule has 0 radical (unpaired) electrons. The summed E-state index contributed by atoms with van der Waals surface area (Å²) in [6, 6.07) is 17.6. The molecule has 1 fully saturated rings. The van der Waals surface area contributed by atoms with E-state index in [-0.39, 0.29) is 0 Å². The molecular weight excluding hydrogens is 244 g/mol. The van der Waals surface area contributed by atoms with Crippen molar-refractivity contribution in [1.29, 1.82) is 0 Å². The van der Waals surface area contributed by atoms with Crippen molar-refractivity contribution in [3.63, 3.8) is 0 Å². The van der Waals surface area contributed by atoms with Gasteiger partial charge in [0.1, 0.15) is 0 Å². The molecule has 0 amide bonds. The zero-order valence-electron chi connectivity index (χ0n) is 12.0. The summed E-state index contributed by atoms with van der Waals surface area (Å²) in [6.07, 6.45) is 2.58. The van der Waals surface area contributed by atoms with Gasteiger partial charge in [-0.1, -0.05) is 36.4 Å². The minimum atomic E-state index is 0.663. The van der Waals surface area contributed by atoms with Crippen molar-refractivity contribution in [2.45, 2.75) is 18.8 Å². The van der Waals surface area contributed by atoms with Crippen LogP contribution < -0.4 is 10.6 Å². The highest BCUT2D eigenvalue weighted by molar-refractivity contribution is 5.68. The molecule has 0 bridgehead atoms. The van der Waals surface area contributed by atoms with E-state index in [0.717, 1.165) is 12.2 Å². The number of nitrogens with one attached hydrogen (secondary N) is 2. The zero-order chi connectivity index (χ0) is 13.8. The second kappa shape index (κ2) is 6.10. The van der Waals surface area contributed by atoms with Crippen molar-refractivity contribution in [3.8, 4) is 11.1 Å². The number of rotatable bonds is 3. The first kappa shape index (κ1) is 13.2. The highest BCUT2D eigenvalue weighted by Gasteiger charge is 2.15. The minimum Gasteiger partial charge on any atom is -0.388 e. The Labute approximate surface area is 121 Å². The predicted octanol–water partition coefficient (Wildman–Crippen LogP) is 3.86. The number of piperidine rings is 1. The zero-order valence-corrected chi connectivity index (χ0v) is 12.0. The first-order valence-electron chi connectivity index (χ1n) is 7.46. The van der Waals surface area contributed by atoms with Crippen LogP contribution in [-0.2, 0) is 0 Å². The first-order chi connectivity index (χ1) is 9.86. The topological polar surface area (TPSA) is 24.1 Å². The third kappa shape index (κ3) is 2.86. The number of hydrogen-bond donors (Lipinski definition) is 2. The fraction of sp³-hybridized carbons (Fsp3) is 0.333. The molecule has 1 aliphatic heterocycles. The van der Waals surface area contributed by atoms with Crippen LogP contribution in [0.15, 0.2) is 48.5 Å². The van der Waals surface area contributed by atoms with Gasteiger partial charge in [0.05, 0.1) is 0 Å². The molecule has 1 unspecified atom stereocenters. The molecule has 0 aliphatic carbocycles. The van der Waals surface area contributed by atoms with Crippen molar-refractivity contribution in [3.05, 3.63) is 54.1 Å². The summed E-state index contributed by atoms with van der Waals surface area (Å²) in [6.45, 7) is 2.28. The van der Waals surface area contributed by atoms with Crippen LogP contribution in [0.5, 0.6) is 0 Å². The van der Waals surface area contributed by atoms with Crippen molar-refractivity contribution in [1.82, 2.24) is 5.32 Å². The fourth-order valence-corrected chi connectivity index (χ4v) is 2.96. The van der Waals surface area contributed by atoms with E-state index < -0.39 is 0 Å². The van der Waals surface area contributed by atoms with Gasteiger partial charge in [-0.2, -0.15) is 0 Å². The van der Waals surface area contributed by atoms with E-state index in [4.69, 9.17) is 0 Å². The van der Waals surface area contributed by atoms with Gasteiger partial charge in [0.15, 0.2) is 0 Å². The molecule has 2 aromatic carbocycles. The third-order valence-electron chi connectivity index (χ3n) is 4.14. The second-order valence-electron chi connectivity index (χ2n) is 5.50. The maximum atomic E-state index is 3.50. The van der Waals surface area contributed by atoms with Crippen LogP contribution in [-0.4, -0.2) is 20.1 Å². The summed E-state index contributed by atoms with van der Waals surface area (Å²) in [4.78, 5) is 0. The molecule has 2 heteroatoms. The quantitative estimate of drug-likeness (QED) is 0.881. The Bertz CT molecular complexity index is 571. The Hall–Kier alpha value is -1.80. The summed E-state index contributed by atoms with van der Waals surface area (Å²) in [5.74, 6) is 0.663. The van der Waals surface area contributed by atoms with E-state index in [1.165, 1.54) is 36.1 Å². The Morgan fingerprint density at radius 2 is 1.85 bits per heavy atom. The molecule has 1 saturated heterocycles. The van der Waals surface area contributed by atoms with Gasteiger partial charge < -0.3 is 10.6 Å². The van der Waals surface area contributed by atoms with E-state index in [9.17, 15) is 0 Å². The maximum absolute atomic E-state index is 3.50. The van der Waals surface area contributed by atoms with Gasteiger partial charge >= 0.3 is 0 Å². The molecule has 104 valence electrons. The molecule has 20 heavy (non-hydrogen) atoms. The summed E-state index contributed by atoms with van der Waals surface area (Å²) >= 11 is 0. The van der Waals surface area contributed by atoms with Gasteiger partial charge in [0.2, 0.25) is 0 Å². The molecule has 2 aromatic rings. The Morgan fingerprint density at radius 1 is 1.05 bits per heavy atom. The lowest BCUT2D eigenvalue weighted by atomic mass is 9.89. The Morgan fingerprint density at radius 3 is 2.60 bits per heavy atom. The highest BCUT2D eigenvalue weighted by Crippen LogP contribution is 2.28. The lowest BCUT2D eigenvalue weighted by Gasteiger charge is -2.23. The van der Waals surface area contributed by atoms with Crippen LogP contribution in [0.4, 0.5) is 5.69 Å². The molecule has 0 saturated carbocycles.